The Kier molecular flexibility index (Phi) is 7.25. The van der Waals surface area contributed by atoms with Crippen LogP contribution in [-0.4, -0.2) is 35.7 Å². The molecule has 0 fully saturated rings. The second-order valence-electron chi connectivity index (χ2n) is 5.64. The molecule has 0 saturated heterocycles. The molecule has 2 N–H and O–H groups in total. The summed E-state index contributed by atoms with van der Waals surface area (Å²) in [6.45, 7) is 3.64. The molecule has 1 unspecified atom stereocenters. The fraction of sp³-hybridized carbons (Fsp3) is 0.389. The van der Waals surface area contributed by atoms with Gasteiger partial charge in [-0.3, -0.25) is 4.79 Å². The van der Waals surface area contributed by atoms with Crippen molar-refractivity contribution in [3.63, 3.8) is 0 Å². The van der Waals surface area contributed by atoms with Gasteiger partial charge in [0.2, 0.25) is 5.88 Å². The standard InChI is InChI=1S/C18H22F2N4O2/c1-3-6-21-16-10-13(4-7-22-16)12(2)24-17(25)14-9-15(20)18(23-11-14)26-8-5-19/h4,7,9-12H,3,5-6,8H2,1-2H3,(H,21,22)(H,24,25). The van der Waals surface area contributed by atoms with Gasteiger partial charge in [0.1, 0.15) is 19.1 Å². The maximum atomic E-state index is 13.9. The van der Waals surface area contributed by atoms with Gasteiger partial charge < -0.3 is 15.4 Å². The Morgan fingerprint density at radius 3 is 2.85 bits per heavy atom. The molecule has 1 atom stereocenters. The van der Waals surface area contributed by atoms with Gasteiger partial charge >= 0.3 is 0 Å². The van der Waals surface area contributed by atoms with Crippen molar-refractivity contribution in [3.05, 3.63) is 47.5 Å². The van der Waals surface area contributed by atoms with Crippen LogP contribution in [-0.2, 0) is 0 Å². The lowest BCUT2D eigenvalue weighted by Gasteiger charge is -2.15. The monoisotopic (exact) mass is 364 g/mol. The molecule has 0 aliphatic rings. The highest BCUT2D eigenvalue weighted by atomic mass is 19.1. The first-order chi connectivity index (χ1) is 12.5. The van der Waals surface area contributed by atoms with Crippen molar-refractivity contribution in [1.82, 2.24) is 15.3 Å². The maximum Gasteiger partial charge on any atom is 0.253 e. The van der Waals surface area contributed by atoms with E-state index in [-0.39, 0.29) is 24.1 Å². The maximum absolute atomic E-state index is 13.9. The quantitative estimate of drug-likeness (QED) is 0.714. The summed E-state index contributed by atoms with van der Waals surface area (Å²) >= 11 is 0. The fourth-order valence-corrected chi connectivity index (χ4v) is 2.22. The first-order valence-electron chi connectivity index (χ1n) is 8.40. The highest BCUT2D eigenvalue weighted by Crippen LogP contribution is 2.18. The first-order valence-corrected chi connectivity index (χ1v) is 8.40. The minimum Gasteiger partial charge on any atom is -0.473 e. The second kappa shape index (κ2) is 9.65. The molecule has 8 heteroatoms. The lowest BCUT2D eigenvalue weighted by Crippen LogP contribution is -2.27. The molecular weight excluding hydrogens is 342 g/mol. The summed E-state index contributed by atoms with van der Waals surface area (Å²) in [5, 5.41) is 5.96. The smallest absolute Gasteiger partial charge is 0.253 e. The second-order valence-corrected chi connectivity index (χ2v) is 5.64. The number of hydrogen-bond acceptors (Lipinski definition) is 5. The van der Waals surface area contributed by atoms with Crippen LogP contribution in [0.15, 0.2) is 30.6 Å². The van der Waals surface area contributed by atoms with Crippen LogP contribution in [0.2, 0.25) is 0 Å². The van der Waals surface area contributed by atoms with E-state index in [1.807, 2.05) is 13.0 Å². The van der Waals surface area contributed by atoms with Crippen molar-refractivity contribution in [2.45, 2.75) is 26.3 Å². The van der Waals surface area contributed by atoms with Crippen molar-refractivity contribution in [2.75, 3.05) is 25.1 Å². The highest BCUT2D eigenvalue weighted by molar-refractivity contribution is 5.94. The minimum absolute atomic E-state index is 0.0559. The number of nitrogens with zero attached hydrogens (tertiary/aromatic N) is 2. The summed E-state index contributed by atoms with van der Waals surface area (Å²) in [5.74, 6) is -0.880. The van der Waals surface area contributed by atoms with E-state index in [0.29, 0.717) is 0 Å². The van der Waals surface area contributed by atoms with Gasteiger partial charge in [-0.05, 0) is 37.1 Å². The number of anilines is 1. The molecule has 0 spiro atoms. The highest BCUT2D eigenvalue weighted by Gasteiger charge is 2.15. The number of carbonyl (C=O) groups is 1. The lowest BCUT2D eigenvalue weighted by molar-refractivity contribution is 0.0938. The Balaban J connectivity index is 2.03. The Morgan fingerprint density at radius 1 is 1.35 bits per heavy atom. The van der Waals surface area contributed by atoms with E-state index >= 15 is 0 Å². The predicted octanol–water partition coefficient (Wildman–Crippen LogP) is 3.28. The molecule has 0 aliphatic carbocycles. The molecule has 2 heterocycles. The molecule has 6 nitrogen and oxygen atoms in total. The van der Waals surface area contributed by atoms with Gasteiger partial charge in [0.15, 0.2) is 5.82 Å². The average Bonchev–Trinajstić information content (AvgIpc) is 2.65. The van der Waals surface area contributed by atoms with Crippen LogP contribution in [0.4, 0.5) is 14.6 Å². The summed E-state index contributed by atoms with van der Waals surface area (Å²) in [7, 11) is 0. The summed E-state index contributed by atoms with van der Waals surface area (Å²) < 4.78 is 30.7. The molecule has 26 heavy (non-hydrogen) atoms. The Bertz CT molecular complexity index is 743. The van der Waals surface area contributed by atoms with Gasteiger partial charge in [-0.1, -0.05) is 6.92 Å². The van der Waals surface area contributed by atoms with E-state index in [4.69, 9.17) is 4.74 Å². The van der Waals surface area contributed by atoms with Crippen LogP contribution in [0.1, 0.15) is 42.2 Å². The third-order valence-corrected chi connectivity index (χ3v) is 3.57. The summed E-state index contributed by atoms with van der Waals surface area (Å²) in [5.41, 5.74) is 0.920. The molecule has 0 radical (unpaired) electrons. The zero-order valence-electron chi connectivity index (χ0n) is 14.8. The van der Waals surface area contributed by atoms with Gasteiger partial charge in [-0.2, -0.15) is 0 Å². The van der Waals surface area contributed by atoms with Gasteiger partial charge in [0.25, 0.3) is 5.91 Å². The van der Waals surface area contributed by atoms with E-state index in [1.54, 1.807) is 12.3 Å². The van der Waals surface area contributed by atoms with Crippen molar-refractivity contribution in [1.29, 1.82) is 0 Å². The Labute approximate surface area is 151 Å². The summed E-state index contributed by atoms with van der Waals surface area (Å²) in [4.78, 5) is 20.3. The third kappa shape index (κ3) is 5.37. The number of carbonyl (C=O) groups excluding carboxylic acids is 1. The molecule has 0 saturated carbocycles. The van der Waals surface area contributed by atoms with E-state index < -0.39 is 18.4 Å². The van der Waals surface area contributed by atoms with Crippen molar-refractivity contribution < 1.29 is 18.3 Å². The van der Waals surface area contributed by atoms with Gasteiger partial charge in [-0.25, -0.2) is 18.7 Å². The molecule has 0 bridgehead atoms. The number of rotatable bonds is 9. The van der Waals surface area contributed by atoms with Gasteiger partial charge in [0.05, 0.1) is 11.6 Å². The molecule has 2 aromatic rings. The van der Waals surface area contributed by atoms with E-state index in [9.17, 15) is 13.6 Å². The number of aromatic nitrogens is 2. The zero-order valence-corrected chi connectivity index (χ0v) is 14.8. The number of alkyl halides is 1. The van der Waals surface area contributed by atoms with Crippen LogP contribution in [0.5, 0.6) is 5.88 Å². The number of pyridine rings is 2. The van der Waals surface area contributed by atoms with Crippen LogP contribution in [0, 0.1) is 5.82 Å². The Morgan fingerprint density at radius 2 is 2.15 bits per heavy atom. The van der Waals surface area contributed by atoms with Crippen LogP contribution in [0.3, 0.4) is 0 Å². The number of ether oxygens (including phenoxy) is 1. The molecule has 0 aliphatic heterocycles. The number of halogens is 2. The molecule has 2 rings (SSSR count). The van der Waals surface area contributed by atoms with E-state index in [1.165, 1.54) is 6.20 Å². The molecule has 0 aromatic carbocycles. The Hall–Kier alpha value is -2.77. The molecule has 2 aromatic heterocycles. The summed E-state index contributed by atoms with van der Waals surface area (Å²) in [6.07, 6.45) is 3.83. The SMILES string of the molecule is CCCNc1cc(C(C)NC(=O)c2cnc(OCCF)c(F)c2)ccn1. The molecule has 1 amide bonds. The largest absolute Gasteiger partial charge is 0.473 e. The normalized spacial score (nSPS) is 11.7. The van der Waals surface area contributed by atoms with Crippen LogP contribution < -0.4 is 15.4 Å². The lowest BCUT2D eigenvalue weighted by atomic mass is 10.1. The van der Waals surface area contributed by atoms with Gasteiger partial charge in [0, 0.05) is 18.9 Å². The van der Waals surface area contributed by atoms with Gasteiger partial charge in [-0.15, -0.1) is 0 Å². The topological polar surface area (TPSA) is 76.1 Å². The molecule has 140 valence electrons. The number of nitrogens with one attached hydrogen (secondary N) is 2. The fourth-order valence-electron chi connectivity index (χ4n) is 2.22. The van der Waals surface area contributed by atoms with E-state index in [0.717, 1.165) is 30.4 Å². The zero-order chi connectivity index (χ0) is 18.9. The number of amides is 1. The molecular formula is C18H22F2N4O2. The van der Waals surface area contributed by atoms with Crippen molar-refractivity contribution >= 4 is 11.7 Å². The van der Waals surface area contributed by atoms with Crippen LogP contribution in [0.25, 0.3) is 0 Å². The minimum atomic E-state index is -0.811. The summed E-state index contributed by atoms with van der Waals surface area (Å²) in [6, 6.07) is 4.36. The third-order valence-electron chi connectivity index (χ3n) is 3.57. The van der Waals surface area contributed by atoms with Crippen LogP contribution >= 0.6 is 0 Å². The van der Waals surface area contributed by atoms with E-state index in [2.05, 4.69) is 27.5 Å². The number of hydrogen-bond donors (Lipinski definition) is 2. The van der Waals surface area contributed by atoms with Crippen molar-refractivity contribution in [2.24, 2.45) is 0 Å². The predicted molar refractivity (Wildman–Crippen MR) is 94.6 cm³/mol. The van der Waals surface area contributed by atoms with Crippen molar-refractivity contribution in [3.8, 4) is 5.88 Å². The average molecular weight is 364 g/mol. The first kappa shape index (κ1) is 19.6.